The van der Waals surface area contributed by atoms with Gasteiger partial charge in [0.25, 0.3) is 0 Å². The molecule has 1 saturated heterocycles. The number of aliphatic hydroxyl groups is 1. The van der Waals surface area contributed by atoms with Crippen LogP contribution in [0.15, 0.2) is 59.2 Å². The third-order valence-electron chi connectivity index (χ3n) is 7.19. The Labute approximate surface area is 254 Å². The fourth-order valence-corrected chi connectivity index (χ4v) is 5.09. The van der Waals surface area contributed by atoms with Crippen molar-refractivity contribution < 1.29 is 23.4 Å². The predicted molar refractivity (Wildman–Crippen MR) is 164 cm³/mol. The average molecular weight is 600 g/mol. The number of carbonyl (C=O) groups excluding carboxylic acids is 1. The van der Waals surface area contributed by atoms with E-state index in [4.69, 9.17) is 19.0 Å². The highest BCUT2D eigenvalue weighted by Gasteiger charge is 2.34. The van der Waals surface area contributed by atoms with Gasteiger partial charge in [-0.3, -0.25) is 9.78 Å². The van der Waals surface area contributed by atoms with Crippen LogP contribution in [0.2, 0.25) is 0 Å². The second-order valence-corrected chi connectivity index (χ2v) is 10.3. The van der Waals surface area contributed by atoms with Gasteiger partial charge in [-0.05, 0) is 44.9 Å². The molecule has 226 valence electrons. The molecule has 1 amide bonds. The number of hydrogen-bond donors (Lipinski definition) is 1. The van der Waals surface area contributed by atoms with Gasteiger partial charge >= 0.3 is 5.69 Å². The molecule has 13 heteroatoms. The number of fused-ring (bicyclic) bond motifs is 1. The Hall–Kier alpha value is -4.83. The molecule has 0 saturated carbocycles. The van der Waals surface area contributed by atoms with Gasteiger partial charge in [0.1, 0.15) is 37.5 Å². The monoisotopic (exact) mass is 600 g/mol. The van der Waals surface area contributed by atoms with E-state index >= 15 is 4.39 Å². The molecular weight excluding hydrogens is 569 g/mol. The van der Waals surface area contributed by atoms with Gasteiger partial charge in [0, 0.05) is 43.9 Å². The van der Waals surface area contributed by atoms with Crippen LogP contribution in [0.5, 0.6) is 5.75 Å². The molecule has 3 aromatic rings. The number of aliphatic hydroxyl groups excluding tert-OH is 1. The fraction of sp³-hybridized carbons (Fsp3) is 0.323. The van der Waals surface area contributed by atoms with Crippen molar-refractivity contribution >= 4 is 30.6 Å². The molecule has 4 heterocycles. The van der Waals surface area contributed by atoms with E-state index < -0.39 is 17.3 Å². The maximum absolute atomic E-state index is 15.7. The number of aromatic nitrogens is 4. The average Bonchev–Trinajstić information content (AvgIpc) is 3.00. The van der Waals surface area contributed by atoms with Crippen LogP contribution in [-0.4, -0.2) is 81.7 Å². The van der Waals surface area contributed by atoms with Crippen LogP contribution in [-0.2, 0) is 11.2 Å². The van der Waals surface area contributed by atoms with Crippen molar-refractivity contribution in [1.82, 2.24) is 24.4 Å². The number of nitrogens with zero attached hydrogens (tertiary/aromatic N) is 6. The molecule has 1 fully saturated rings. The number of ether oxygens (including phenoxy) is 1. The third-order valence-corrected chi connectivity index (χ3v) is 7.19. The van der Waals surface area contributed by atoms with Crippen LogP contribution in [0.1, 0.15) is 25.2 Å². The largest absolute Gasteiger partial charge is 0.489 e. The highest BCUT2D eigenvalue weighted by atomic mass is 19.1. The summed E-state index contributed by atoms with van der Waals surface area (Å²) >= 11 is 0. The number of piperazine rings is 1. The highest BCUT2D eigenvalue weighted by molar-refractivity contribution is 6.21. The molecule has 1 aliphatic rings. The Kier molecular flexibility index (Phi) is 9.96. The van der Waals surface area contributed by atoms with Crippen molar-refractivity contribution in [2.24, 2.45) is 0 Å². The number of halogens is 2. The summed E-state index contributed by atoms with van der Waals surface area (Å²) in [7, 11) is 6.03. The first-order valence-electron chi connectivity index (χ1n) is 13.8. The Morgan fingerprint density at radius 3 is 2.73 bits per heavy atom. The standard InChI is InChI=1S/C31H31BF2N6O4/c1-6-22(33)9-8-21(32)14-25-24(34)15-23-29(39-17-18(3)38(16-19(39)4)27(42)7-2)37-31(43)40(30(23)36-25)28-20(5)35-11-10-26(28)44-13-12-41/h1,7-11,15,18-19,41H,2,12-14,16-17H2,3-5H3/b21-8+,22-9+/t18-,19?/m1/s1. The van der Waals surface area contributed by atoms with Gasteiger partial charge in [0.15, 0.2) is 11.5 Å². The predicted octanol–water partition coefficient (Wildman–Crippen LogP) is 2.69. The normalized spacial score (nSPS) is 17.5. The van der Waals surface area contributed by atoms with Gasteiger partial charge in [0.2, 0.25) is 5.91 Å². The van der Waals surface area contributed by atoms with Crippen molar-refractivity contribution in [3.8, 4) is 23.8 Å². The lowest BCUT2D eigenvalue weighted by Gasteiger charge is -2.44. The molecule has 0 spiro atoms. The molecule has 2 atom stereocenters. The van der Waals surface area contributed by atoms with Gasteiger partial charge in [-0.2, -0.15) is 9.37 Å². The minimum absolute atomic E-state index is 0.0453. The lowest BCUT2D eigenvalue weighted by molar-refractivity contribution is -0.128. The minimum atomic E-state index is -0.856. The van der Waals surface area contributed by atoms with Crippen LogP contribution in [0.25, 0.3) is 16.7 Å². The maximum atomic E-state index is 15.7. The zero-order valence-corrected chi connectivity index (χ0v) is 24.6. The lowest BCUT2D eigenvalue weighted by atomic mass is 9.90. The van der Waals surface area contributed by atoms with E-state index in [1.807, 2.05) is 24.7 Å². The van der Waals surface area contributed by atoms with Crippen molar-refractivity contribution in [2.45, 2.75) is 39.3 Å². The molecule has 10 nitrogen and oxygen atoms in total. The molecule has 3 aromatic heterocycles. The van der Waals surface area contributed by atoms with Crippen LogP contribution in [0.3, 0.4) is 0 Å². The number of rotatable bonds is 9. The van der Waals surface area contributed by atoms with E-state index in [0.717, 1.165) is 6.08 Å². The molecule has 1 unspecified atom stereocenters. The summed E-state index contributed by atoms with van der Waals surface area (Å²) in [5, 5.41) is 9.57. The quantitative estimate of drug-likeness (QED) is 0.173. The molecule has 1 aliphatic heterocycles. The fourth-order valence-electron chi connectivity index (χ4n) is 5.09. The van der Waals surface area contributed by atoms with Gasteiger partial charge in [-0.25, -0.2) is 18.7 Å². The first kappa shape index (κ1) is 32.1. The van der Waals surface area contributed by atoms with Crippen LogP contribution >= 0.6 is 0 Å². The van der Waals surface area contributed by atoms with Crippen LogP contribution < -0.4 is 15.3 Å². The summed E-state index contributed by atoms with van der Waals surface area (Å²) < 4.78 is 36.1. The summed E-state index contributed by atoms with van der Waals surface area (Å²) in [6, 6.07) is 2.18. The third kappa shape index (κ3) is 6.55. The Balaban J connectivity index is 1.97. The molecular formula is C31H31BF2N6O4. The van der Waals surface area contributed by atoms with Gasteiger partial charge in [0.05, 0.1) is 23.4 Å². The van der Waals surface area contributed by atoms with Gasteiger partial charge < -0.3 is 19.6 Å². The Bertz CT molecular complexity index is 1770. The summed E-state index contributed by atoms with van der Waals surface area (Å²) in [5.74, 6) is 0.430. The number of amides is 1. The maximum Gasteiger partial charge on any atom is 0.356 e. The van der Waals surface area contributed by atoms with Crippen molar-refractivity contribution in [3.05, 3.63) is 82.1 Å². The van der Waals surface area contributed by atoms with Crippen molar-refractivity contribution in [3.63, 3.8) is 0 Å². The zero-order valence-electron chi connectivity index (χ0n) is 24.6. The summed E-state index contributed by atoms with van der Waals surface area (Å²) in [4.78, 5) is 43.1. The molecule has 1 N–H and O–H groups in total. The molecule has 4 rings (SSSR count). The molecule has 0 aromatic carbocycles. The zero-order chi connectivity index (χ0) is 32.1. The highest BCUT2D eigenvalue weighted by Crippen LogP contribution is 2.32. The van der Waals surface area contributed by atoms with Crippen molar-refractivity contribution in [1.29, 1.82) is 0 Å². The van der Waals surface area contributed by atoms with E-state index in [9.17, 15) is 19.1 Å². The van der Waals surface area contributed by atoms with E-state index in [1.54, 1.807) is 11.8 Å². The number of carbonyl (C=O) groups is 1. The van der Waals surface area contributed by atoms with Gasteiger partial charge in [-0.1, -0.05) is 12.7 Å². The van der Waals surface area contributed by atoms with Crippen molar-refractivity contribution in [2.75, 3.05) is 31.2 Å². The smallest absolute Gasteiger partial charge is 0.356 e. The SMILES string of the molecule is [B]/C(=C/C=C(/F)C#C)Cc1nc2c(cc1F)c(N1C[C@@H](C)N(C(=O)C=C)CC1C)nc(=O)n2-c1c(OCCO)ccnc1C. The molecule has 0 aliphatic carbocycles. The minimum Gasteiger partial charge on any atom is -0.489 e. The number of pyridine rings is 2. The van der Waals surface area contributed by atoms with Gasteiger partial charge in [-0.15, -0.1) is 11.9 Å². The molecule has 0 bridgehead atoms. The van der Waals surface area contributed by atoms with Crippen LogP contribution in [0, 0.1) is 25.1 Å². The summed E-state index contributed by atoms with van der Waals surface area (Å²) in [6.07, 6.45) is 9.74. The Morgan fingerprint density at radius 1 is 1.30 bits per heavy atom. The Morgan fingerprint density at radius 2 is 2.05 bits per heavy atom. The number of aryl methyl sites for hydroxylation is 1. The van der Waals surface area contributed by atoms with E-state index in [2.05, 4.69) is 21.5 Å². The van der Waals surface area contributed by atoms with E-state index in [0.29, 0.717) is 18.8 Å². The van der Waals surface area contributed by atoms with E-state index in [-0.39, 0.29) is 77.1 Å². The number of allylic oxidation sites excluding steroid dienone is 4. The molecule has 2 radical (unpaired) electrons. The number of terminal acetylenes is 1. The topological polar surface area (TPSA) is 114 Å². The van der Waals surface area contributed by atoms with E-state index in [1.165, 1.54) is 35.0 Å². The number of anilines is 1. The second kappa shape index (κ2) is 13.6. The molecule has 44 heavy (non-hydrogen) atoms. The lowest BCUT2D eigenvalue weighted by Crippen LogP contribution is -2.58. The second-order valence-electron chi connectivity index (χ2n) is 10.3. The first-order chi connectivity index (χ1) is 21.0. The summed E-state index contributed by atoms with van der Waals surface area (Å²) in [6.45, 7) is 9.23. The van der Waals surface area contributed by atoms with Crippen LogP contribution in [0.4, 0.5) is 14.6 Å². The summed E-state index contributed by atoms with van der Waals surface area (Å²) in [5.41, 5.74) is -0.143. The first-order valence-corrected chi connectivity index (χ1v) is 13.8. The number of hydrogen-bond acceptors (Lipinski definition) is 8.